The fourth-order valence-electron chi connectivity index (χ4n) is 0.643. The molecule has 0 saturated carbocycles. The van der Waals surface area contributed by atoms with E-state index in [0.29, 0.717) is 5.69 Å². The minimum Gasteiger partial charge on any atom is -0.363 e. The summed E-state index contributed by atoms with van der Waals surface area (Å²) in [5, 5.41) is 9.04. The smallest absolute Gasteiger partial charge is 0.198 e. The molecule has 0 fully saturated rings. The molecule has 0 spiro atoms. The van der Waals surface area contributed by atoms with Gasteiger partial charge in [0, 0.05) is 13.3 Å². The number of rotatable bonds is 2. The number of aliphatic hydroxyl groups is 1. The van der Waals surface area contributed by atoms with Gasteiger partial charge in [-0.15, -0.1) is 0 Å². The third-order valence-corrected chi connectivity index (χ3v) is 1.16. The van der Waals surface area contributed by atoms with Crippen LogP contribution in [0.15, 0.2) is 24.4 Å². The molecule has 0 saturated heterocycles. The van der Waals surface area contributed by atoms with Gasteiger partial charge in [-0.1, -0.05) is 6.07 Å². The minimum atomic E-state index is -0.902. The Bertz CT molecular complexity index is 188. The molecule has 1 rings (SSSR count). The molecular formula is C7H9NO2. The van der Waals surface area contributed by atoms with Gasteiger partial charge in [-0.3, -0.25) is 4.98 Å². The van der Waals surface area contributed by atoms with Gasteiger partial charge >= 0.3 is 0 Å². The van der Waals surface area contributed by atoms with Crippen molar-refractivity contribution in [2.45, 2.75) is 6.29 Å². The summed E-state index contributed by atoms with van der Waals surface area (Å²) < 4.78 is 4.63. The maximum atomic E-state index is 9.04. The topological polar surface area (TPSA) is 42.4 Å². The zero-order chi connectivity index (χ0) is 7.40. The highest BCUT2D eigenvalue weighted by Crippen LogP contribution is 2.07. The number of aliphatic hydroxyl groups excluding tert-OH is 1. The van der Waals surface area contributed by atoms with Crippen LogP contribution in [0.5, 0.6) is 0 Å². The van der Waals surface area contributed by atoms with E-state index in [0.717, 1.165) is 0 Å². The van der Waals surface area contributed by atoms with Crippen molar-refractivity contribution in [1.29, 1.82) is 0 Å². The lowest BCUT2D eigenvalue weighted by Crippen LogP contribution is -2.00. The van der Waals surface area contributed by atoms with Crippen LogP contribution in [0.25, 0.3) is 0 Å². The minimum absolute atomic E-state index is 0.532. The molecular weight excluding hydrogens is 130 g/mol. The Balaban J connectivity index is 2.75. The molecule has 1 aromatic rings. The third-order valence-electron chi connectivity index (χ3n) is 1.16. The van der Waals surface area contributed by atoms with Crippen molar-refractivity contribution in [2.24, 2.45) is 0 Å². The second kappa shape index (κ2) is 3.29. The van der Waals surface area contributed by atoms with Crippen LogP contribution in [0.3, 0.4) is 0 Å². The maximum Gasteiger partial charge on any atom is 0.198 e. The molecule has 0 aliphatic rings. The average Bonchev–Trinajstić information content (AvgIpc) is 2.05. The zero-order valence-electron chi connectivity index (χ0n) is 5.69. The van der Waals surface area contributed by atoms with Crippen molar-refractivity contribution in [2.75, 3.05) is 7.11 Å². The summed E-state index contributed by atoms with van der Waals surface area (Å²) in [6, 6.07) is 5.28. The Morgan fingerprint density at radius 3 is 2.90 bits per heavy atom. The Kier molecular flexibility index (Phi) is 2.36. The van der Waals surface area contributed by atoms with Crippen molar-refractivity contribution < 1.29 is 9.84 Å². The number of methoxy groups -OCH3 is 1. The Hall–Kier alpha value is -0.930. The van der Waals surface area contributed by atoms with Gasteiger partial charge in [-0.25, -0.2) is 0 Å². The monoisotopic (exact) mass is 139 g/mol. The van der Waals surface area contributed by atoms with Crippen molar-refractivity contribution >= 4 is 0 Å². The van der Waals surface area contributed by atoms with Crippen LogP contribution in [0.4, 0.5) is 0 Å². The number of aromatic nitrogens is 1. The third kappa shape index (κ3) is 1.52. The van der Waals surface area contributed by atoms with E-state index < -0.39 is 6.29 Å². The Labute approximate surface area is 59.3 Å². The Morgan fingerprint density at radius 2 is 2.40 bits per heavy atom. The van der Waals surface area contributed by atoms with Crippen LogP contribution in [-0.2, 0) is 4.74 Å². The largest absolute Gasteiger partial charge is 0.363 e. The van der Waals surface area contributed by atoms with E-state index >= 15 is 0 Å². The number of pyridine rings is 1. The number of hydrogen-bond donors (Lipinski definition) is 1. The van der Waals surface area contributed by atoms with E-state index in [4.69, 9.17) is 5.11 Å². The number of nitrogens with zero attached hydrogens (tertiary/aromatic N) is 1. The molecule has 3 heteroatoms. The predicted octanol–water partition coefficient (Wildman–Crippen LogP) is 0.719. The van der Waals surface area contributed by atoms with E-state index in [1.54, 1.807) is 24.4 Å². The molecule has 1 N–H and O–H groups in total. The Morgan fingerprint density at radius 1 is 1.60 bits per heavy atom. The molecule has 3 nitrogen and oxygen atoms in total. The molecule has 0 radical (unpaired) electrons. The van der Waals surface area contributed by atoms with Crippen LogP contribution in [-0.4, -0.2) is 17.2 Å². The van der Waals surface area contributed by atoms with E-state index in [-0.39, 0.29) is 0 Å². The van der Waals surface area contributed by atoms with Crippen molar-refractivity contribution in [1.82, 2.24) is 4.98 Å². The molecule has 0 aliphatic heterocycles. The highest BCUT2D eigenvalue weighted by molar-refractivity contribution is 5.04. The molecule has 1 heterocycles. The fraction of sp³-hybridized carbons (Fsp3) is 0.286. The summed E-state index contributed by atoms with van der Waals surface area (Å²) in [4.78, 5) is 3.87. The molecule has 1 aromatic heterocycles. The van der Waals surface area contributed by atoms with Gasteiger partial charge < -0.3 is 9.84 Å². The van der Waals surface area contributed by atoms with Gasteiger partial charge in [0.25, 0.3) is 0 Å². The van der Waals surface area contributed by atoms with Crippen molar-refractivity contribution in [3.8, 4) is 0 Å². The first kappa shape index (κ1) is 7.18. The van der Waals surface area contributed by atoms with Gasteiger partial charge in [0.15, 0.2) is 6.29 Å². The van der Waals surface area contributed by atoms with Crippen LogP contribution in [0, 0.1) is 0 Å². The molecule has 0 aromatic carbocycles. The standard InChI is InChI=1S/C7H9NO2/c1-10-7(9)6-4-2-3-5-8-6/h2-5,7,9H,1H3. The number of ether oxygens (including phenoxy) is 1. The first-order valence-electron chi connectivity index (χ1n) is 2.96. The predicted molar refractivity (Wildman–Crippen MR) is 36.2 cm³/mol. The van der Waals surface area contributed by atoms with Gasteiger partial charge in [-0.2, -0.15) is 0 Å². The van der Waals surface area contributed by atoms with E-state index in [1.165, 1.54) is 7.11 Å². The number of hydrogen-bond acceptors (Lipinski definition) is 3. The molecule has 1 unspecified atom stereocenters. The second-order valence-electron chi connectivity index (χ2n) is 1.84. The summed E-state index contributed by atoms with van der Waals surface area (Å²) in [7, 11) is 1.43. The summed E-state index contributed by atoms with van der Waals surface area (Å²) in [6.07, 6.45) is 0.707. The van der Waals surface area contributed by atoms with Crippen LogP contribution < -0.4 is 0 Å². The molecule has 0 aliphatic carbocycles. The summed E-state index contributed by atoms with van der Waals surface area (Å²) in [5.41, 5.74) is 0.532. The molecule has 10 heavy (non-hydrogen) atoms. The van der Waals surface area contributed by atoms with Crippen LogP contribution in [0.2, 0.25) is 0 Å². The fourth-order valence-corrected chi connectivity index (χ4v) is 0.643. The van der Waals surface area contributed by atoms with Gasteiger partial charge in [-0.05, 0) is 12.1 Å². The van der Waals surface area contributed by atoms with E-state index in [9.17, 15) is 0 Å². The lowest BCUT2D eigenvalue weighted by molar-refractivity contribution is -0.0798. The lowest BCUT2D eigenvalue weighted by Gasteiger charge is -2.05. The highest BCUT2D eigenvalue weighted by atomic mass is 16.6. The lowest BCUT2D eigenvalue weighted by atomic mass is 10.3. The molecule has 0 amide bonds. The van der Waals surface area contributed by atoms with E-state index in [2.05, 4.69) is 9.72 Å². The van der Waals surface area contributed by atoms with Crippen molar-refractivity contribution in [3.63, 3.8) is 0 Å². The first-order chi connectivity index (χ1) is 4.84. The summed E-state index contributed by atoms with van der Waals surface area (Å²) in [6.45, 7) is 0. The van der Waals surface area contributed by atoms with E-state index in [1.807, 2.05) is 0 Å². The zero-order valence-corrected chi connectivity index (χ0v) is 5.69. The maximum absolute atomic E-state index is 9.04. The molecule has 0 bridgehead atoms. The molecule has 1 atom stereocenters. The van der Waals surface area contributed by atoms with Crippen molar-refractivity contribution in [3.05, 3.63) is 30.1 Å². The second-order valence-corrected chi connectivity index (χ2v) is 1.84. The van der Waals surface area contributed by atoms with Gasteiger partial charge in [0.05, 0.1) is 5.69 Å². The normalized spacial score (nSPS) is 13.0. The van der Waals surface area contributed by atoms with Crippen LogP contribution >= 0.6 is 0 Å². The highest BCUT2D eigenvalue weighted by Gasteiger charge is 2.03. The first-order valence-corrected chi connectivity index (χ1v) is 2.96. The summed E-state index contributed by atoms with van der Waals surface area (Å²) >= 11 is 0. The summed E-state index contributed by atoms with van der Waals surface area (Å²) in [5.74, 6) is 0. The van der Waals surface area contributed by atoms with Crippen LogP contribution in [0.1, 0.15) is 12.0 Å². The van der Waals surface area contributed by atoms with Gasteiger partial charge in [0.1, 0.15) is 0 Å². The quantitative estimate of drug-likeness (QED) is 0.614. The van der Waals surface area contributed by atoms with Gasteiger partial charge in [0.2, 0.25) is 0 Å². The SMILES string of the molecule is COC(O)c1ccccn1. The molecule has 54 valence electrons. The average molecular weight is 139 g/mol.